The second-order valence-corrected chi connectivity index (χ2v) is 7.88. The number of carbonyl (C=O) groups is 1. The van der Waals surface area contributed by atoms with Crippen LogP contribution in [-0.2, 0) is 10.0 Å². The maximum absolute atomic E-state index is 12.0. The minimum Gasteiger partial charge on any atom is -0.494 e. The van der Waals surface area contributed by atoms with E-state index in [1.807, 2.05) is 31.2 Å². The Kier molecular flexibility index (Phi) is 6.44. The Morgan fingerprint density at radius 2 is 1.79 bits per heavy atom. The van der Waals surface area contributed by atoms with Gasteiger partial charge in [0, 0.05) is 32.7 Å². The van der Waals surface area contributed by atoms with Gasteiger partial charge in [-0.3, -0.25) is 0 Å². The molecule has 8 heteroatoms. The fourth-order valence-electron chi connectivity index (χ4n) is 2.43. The predicted molar refractivity (Wildman–Crippen MR) is 92.7 cm³/mol. The van der Waals surface area contributed by atoms with Crippen LogP contribution in [0.4, 0.5) is 4.79 Å². The minimum atomic E-state index is -3.17. The maximum atomic E-state index is 12.0. The largest absolute Gasteiger partial charge is 0.494 e. The van der Waals surface area contributed by atoms with Gasteiger partial charge in [0.1, 0.15) is 5.75 Å². The van der Waals surface area contributed by atoms with Crippen molar-refractivity contribution in [1.29, 1.82) is 0 Å². The van der Waals surface area contributed by atoms with E-state index in [1.54, 1.807) is 4.90 Å². The Hall–Kier alpha value is -1.80. The molecule has 24 heavy (non-hydrogen) atoms. The van der Waals surface area contributed by atoms with Crippen LogP contribution < -0.4 is 10.1 Å². The molecule has 1 fully saturated rings. The molecular formula is C16H25N3O4S. The number of urea groups is 1. The van der Waals surface area contributed by atoms with Crippen LogP contribution in [0, 0.1) is 6.92 Å². The van der Waals surface area contributed by atoms with Gasteiger partial charge in [-0.1, -0.05) is 17.7 Å². The summed E-state index contributed by atoms with van der Waals surface area (Å²) >= 11 is 0. The molecule has 0 spiro atoms. The van der Waals surface area contributed by atoms with Crippen molar-refractivity contribution in [2.24, 2.45) is 0 Å². The summed E-state index contributed by atoms with van der Waals surface area (Å²) in [6, 6.07) is 7.68. The van der Waals surface area contributed by atoms with E-state index in [-0.39, 0.29) is 6.03 Å². The van der Waals surface area contributed by atoms with Crippen LogP contribution in [0.5, 0.6) is 5.75 Å². The average molecular weight is 355 g/mol. The smallest absolute Gasteiger partial charge is 0.317 e. The number of hydrogen-bond donors (Lipinski definition) is 1. The van der Waals surface area contributed by atoms with E-state index in [1.165, 1.54) is 16.1 Å². The van der Waals surface area contributed by atoms with Gasteiger partial charge in [-0.25, -0.2) is 13.2 Å². The number of ether oxygens (including phenoxy) is 1. The molecule has 1 aliphatic heterocycles. The molecule has 2 rings (SSSR count). The molecule has 7 nitrogen and oxygen atoms in total. The zero-order valence-corrected chi connectivity index (χ0v) is 15.0. The molecule has 1 saturated heterocycles. The molecule has 0 saturated carbocycles. The second kappa shape index (κ2) is 8.34. The predicted octanol–water partition coefficient (Wildman–Crippen LogP) is 1.05. The van der Waals surface area contributed by atoms with Gasteiger partial charge in [0.05, 0.1) is 12.9 Å². The first-order chi connectivity index (χ1) is 11.4. The number of amides is 2. The average Bonchev–Trinajstić information content (AvgIpc) is 2.55. The molecule has 0 unspecified atom stereocenters. The summed E-state index contributed by atoms with van der Waals surface area (Å²) in [6.07, 6.45) is 1.90. The Morgan fingerprint density at radius 3 is 2.38 bits per heavy atom. The highest BCUT2D eigenvalue weighted by Gasteiger charge is 2.25. The molecule has 1 aromatic rings. The highest BCUT2D eigenvalue weighted by Crippen LogP contribution is 2.11. The summed E-state index contributed by atoms with van der Waals surface area (Å²) in [5.74, 6) is 0.823. The number of aryl methyl sites for hydroxylation is 1. The van der Waals surface area contributed by atoms with E-state index >= 15 is 0 Å². The van der Waals surface area contributed by atoms with E-state index in [0.717, 1.165) is 5.75 Å². The summed E-state index contributed by atoms with van der Waals surface area (Å²) in [5, 5.41) is 2.84. The zero-order valence-electron chi connectivity index (χ0n) is 14.2. The number of hydrogen-bond acceptors (Lipinski definition) is 4. The topological polar surface area (TPSA) is 79.0 Å². The number of piperazine rings is 1. The molecule has 1 heterocycles. The van der Waals surface area contributed by atoms with Crippen LogP contribution in [0.3, 0.4) is 0 Å². The third-order valence-corrected chi connectivity index (χ3v) is 5.19. The summed E-state index contributed by atoms with van der Waals surface area (Å²) in [6.45, 7) is 4.61. The Morgan fingerprint density at radius 1 is 1.17 bits per heavy atom. The number of nitrogens with zero attached hydrogens (tertiary/aromatic N) is 2. The van der Waals surface area contributed by atoms with Crippen molar-refractivity contribution in [3.8, 4) is 5.75 Å². The van der Waals surface area contributed by atoms with Gasteiger partial charge in [-0.05, 0) is 25.5 Å². The van der Waals surface area contributed by atoms with Crippen LogP contribution >= 0.6 is 0 Å². The van der Waals surface area contributed by atoms with Crippen molar-refractivity contribution in [2.75, 3.05) is 45.6 Å². The molecule has 0 radical (unpaired) electrons. The number of carbonyl (C=O) groups excluding carboxylic acids is 1. The molecule has 0 aliphatic carbocycles. The van der Waals surface area contributed by atoms with Crippen LogP contribution in [-0.4, -0.2) is 69.2 Å². The van der Waals surface area contributed by atoms with Crippen molar-refractivity contribution in [3.05, 3.63) is 29.8 Å². The number of nitrogens with one attached hydrogen (secondary N) is 1. The molecule has 1 N–H and O–H groups in total. The van der Waals surface area contributed by atoms with Gasteiger partial charge in [-0.2, -0.15) is 4.31 Å². The van der Waals surface area contributed by atoms with Crippen molar-refractivity contribution < 1.29 is 17.9 Å². The molecule has 0 bridgehead atoms. The van der Waals surface area contributed by atoms with Gasteiger partial charge >= 0.3 is 6.03 Å². The van der Waals surface area contributed by atoms with Gasteiger partial charge in [0.25, 0.3) is 0 Å². The summed E-state index contributed by atoms with van der Waals surface area (Å²) in [4.78, 5) is 13.7. The summed E-state index contributed by atoms with van der Waals surface area (Å²) < 4.78 is 29.9. The second-order valence-electron chi connectivity index (χ2n) is 5.90. The Balaban J connectivity index is 1.61. The lowest BCUT2D eigenvalue weighted by molar-refractivity contribution is 0.172. The van der Waals surface area contributed by atoms with E-state index < -0.39 is 10.0 Å². The molecule has 134 valence electrons. The number of rotatable bonds is 6. The fraction of sp³-hybridized carbons (Fsp3) is 0.562. The minimum absolute atomic E-state index is 0.154. The van der Waals surface area contributed by atoms with E-state index in [9.17, 15) is 13.2 Å². The number of benzene rings is 1. The summed E-state index contributed by atoms with van der Waals surface area (Å²) in [5.41, 5.74) is 1.19. The molecule has 0 atom stereocenters. The quantitative estimate of drug-likeness (QED) is 0.774. The Bertz CT molecular complexity index is 638. The lowest BCUT2D eigenvalue weighted by Crippen LogP contribution is -2.53. The van der Waals surface area contributed by atoms with Gasteiger partial charge in [-0.15, -0.1) is 0 Å². The van der Waals surface area contributed by atoms with Crippen molar-refractivity contribution in [2.45, 2.75) is 13.3 Å². The van der Waals surface area contributed by atoms with Crippen molar-refractivity contribution >= 4 is 16.1 Å². The lowest BCUT2D eigenvalue weighted by atomic mass is 10.2. The normalized spacial score (nSPS) is 16.0. The van der Waals surface area contributed by atoms with Crippen LogP contribution in [0.25, 0.3) is 0 Å². The zero-order chi connectivity index (χ0) is 17.6. The van der Waals surface area contributed by atoms with Crippen LogP contribution in [0.1, 0.15) is 12.0 Å². The van der Waals surface area contributed by atoms with Gasteiger partial charge in [0.2, 0.25) is 10.0 Å². The van der Waals surface area contributed by atoms with Crippen molar-refractivity contribution in [3.63, 3.8) is 0 Å². The van der Waals surface area contributed by atoms with Crippen LogP contribution in [0.2, 0.25) is 0 Å². The van der Waals surface area contributed by atoms with Gasteiger partial charge in [0.15, 0.2) is 0 Å². The van der Waals surface area contributed by atoms with Crippen molar-refractivity contribution in [1.82, 2.24) is 14.5 Å². The first kappa shape index (κ1) is 18.5. The van der Waals surface area contributed by atoms with E-state index in [0.29, 0.717) is 45.8 Å². The third kappa shape index (κ3) is 5.68. The SMILES string of the molecule is Cc1ccc(OCCCNC(=O)N2CCN(S(C)(=O)=O)CC2)cc1. The van der Waals surface area contributed by atoms with Crippen LogP contribution in [0.15, 0.2) is 24.3 Å². The first-order valence-electron chi connectivity index (χ1n) is 8.03. The third-order valence-electron chi connectivity index (χ3n) is 3.88. The summed E-state index contributed by atoms with van der Waals surface area (Å²) in [7, 11) is -3.17. The first-order valence-corrected chi connectivity index (χ1v) is 9.88. The monoisotopic (exact) mass is 355 g/mol. The molecular weight excluding hydrogens is 330 g/mol. The molecule has 1 aliphatic rings. The Labute approximate surface area is 143 Å². The lowest BCUT2D eigenvalue weighted by Gasteiger charge is -2.33. The maximum Gasteiger partial charge on any atom is 0.317 e. The van der Waals surface area contributed by atoms with E-state index in [4.69, 9.17) is 4.74 Å². The number of sulfonamides is 1. The fourth-order valence-corrected chi connectivity index (χ4v) is 3.25. The highest BCUT2D eigenvalue weighted by molar-refractivity contribution is 7.88. The molecule has 1 aromatic carbocycles. The standard InChI is InChI=1S/C16H25N3O4S/c1-14-4-6-15(7-5-14)23-13-3-8-17-16(20)18-9-11-19(12-10-18)24(2,21)22/h4-7H,3,8-13H2,1-2H3,(H,17,20). The van der Waals surface area contributed by atoms with E-state index in [2.05, 4.69) is 5.32 Å². The molecule has 0 aromatic heterocycles. The highest BCUT2D eigenvalue weighted by atomic mass is 32.2. The van der Waals surface area contributed by atoms with Gasteiger partial charge < -0.3 is 15.0 Å². The molecule has 2 amide bonds.